The zero-order valence-electron chi connectivity index (χ0n) is 14.2. The van der Waals surface area contributed by atoms with Gasteiger partial charge in [0.2, 0.25) is 5.91 Å². The number of halogens is 3. The van der Waals surface area contributed by atoms with Gasteiger partial charge in [0.25, 0.3) is 0 Å². The molecule has 0 unspecified atom stereocenters. The molecule has 0 aliphatic rings. The van der Waals surface area contributed by atoms with E-state index in [4.69, 9.17) is 4.74 Å². The van der Waals surface area contributed by atoms with Crippen molar-refractivity contribution in [3.05, 3.63) is 42.5 Å². The van der Waals surface area contributed by atoms with Gasteiger partial charge in [0, 0.05) is 24.9 Å². The van der Waals surface area contributed by atoms with Crippen LogP contribution in [0.5, 0.6) is 5.75 Å². The summed E-state index contributed by atoms with van der Waals surface area (Å²) in [7, 11) is 0. The highest BCUT2D eigenvalue weighted by molar-refractivity contribution is 5.88. The van der Waals surface area contributed by atoms with Crippen molar-refractivity contribution >= 4 is 16.7 Å². The van der Waals surface area contributed by atoms with E-state index < -0.39 is 12.6 Å². The third-order valence-corrected chi connectivity index (χ3v) is 3.94. The van der Waals surface area contributed by atoms with Crippen LogP contribution in [0.4, 0.5) is 13.2 Å². The van der Waals surface area contributed by atoms with Gasteiger partial charge in [-0.3, -0.25) is 4.79 Å². The molecule has 3 nitrogen and oxygen atoms in total. The van der Waals surface area contributed by atoms with Gasteiger partial charge < -0.3 is 9.64 Å². The van der Waals surface area contributed by atoms with Gasteiger partial charge in [-0.15, -0.1) is 0 Å². The molecule has 0 aliphatic carbocycles. The largest absolute Gasteiger partial charge is 0.493 e. The lowest BCUT2D eigenvalue weighted by atomic mass is 10.1. The molecule has 0 fully saturated rings. The fourth-order valence-corrected chi connectivity index (χ4v) is 2.61. The molecule has 0 spiro atoms. The van der Waals surface area contributed by atoms with Crippen molar-refractivity contribution < 1.29 is 22.7 Å². The first-order valence-corrected chi connectivity index (χ1v) is 8.36. The SMILES string of the molecule is CCN(CCC(F)(F)F)C(=O)CCCOc1cccc2ccccc12. The Hall–Kier alpha value is -2.24. The summed E-state index contributed by atoms with van der Waals surface area (Å²) in [5.41, 5.74) is 0. The van der Waals surface area contributed by atoms with Crippen molar-refractivity contribution in [3.63, 3.8) is 0 Å². The molecular formula is C19H22F3NO2. The van der Waals surface area contributed by atoms with Crippen LogP contribution in [0.25, 0.3) is 10.8 Å². The van der Waals surface area contributed by atoms with Gasteiger partial charge in [-0.1, -0.05) is 36.4 Å². The molecule has 25 heavy (non-hydrogen) atoms. The Labute approximate surface area is 145 Å². The molecule has 0 saturated heterocycles. The van der Waals surface area contributed by atoms with Crippen LogP contribution in [0, 0.1) is 0 Å². The van der Waals surface area contributed by atoms with E-state index in [-0.39, 0.29) is 25.4 Å². The fraction of sp³-hybridized carbons (Fsp3) is 0.421. The summed E-state index contributed by atoms with van der Waals surface area (Å²) in [5.74, 6) is 0.475. The lowest BCUT2D eigenvalue weighted by molar-refractivity contribution is -0.145. The van der Waals surface area contributed by atoms with Gasteiger partial charge in [-0.25, -0.2) is 0 Å². The molecule has 0 heterocycles. The highest BCUT2D eigenvalue weighted by Gasteiger charge is 2.28. The average Bonchev–Trinajstić information content (AvgIpc) is 2.58. The fourth-order valence-electron chi connectivity index (χ4n) is 2.61. The van der Waals surface area contributed by atoms with Crippen LogP contribution in [0.3, 0.4) is 0 Å². The average molecular weight is 353 g/mol. The number of nitrogens with zero attached hydrogens (tertiary/aromatic N) is 1. The lowest BCUT2D eigenvalue weighted by Gasteiger charge is -2.21. The lowest BCUT2D eigenvalue weighted by Crippen LogP contribution is -2.34. The van der Waals surface area contributed by atoms with Gasteiger partial charge in [0.05, 0.1) is 13.0 Å². The van der Waals surface area contributed by atoms with Crippen molar-refractivity contribution in [2.75, 3.05) is 19.7 Å². The van der Waals surface area contributed by atoms with E-state index in [0.717, 1.165) is 16.5 Å². The molecule has 0 aliphatic heterocycles. The highest BCUT2D eigenvalue weighted by atomic mass is 19.4. The van der Waals surface area contributed by atoms with Crippen LogP contribution < -0.4 is 4.74 Å². The Morgan fingerprint density at radius 3 is 2.56 bits per heavy atom. The number of rotatable bonds is 8. The predicted molar refractivity (Wildman–Crippen MR) is 91.6 cm³/mol. The van der Waals surface area contributed by atoms with Crippen molar-refractivity contribution in [2.45, 2.75) is 32.4 Å². The normalized spacial score (nSPS) is 11.5. The number of amides is 1. The van der Waals surface area contributed by atoms with Crippen LogP contribution in [0.15, 0.2) is 42.5 Å². The smallest absolute Gasteiger partial charge is 0.390 e. The summed E-state index contributed by atoms with van der Waals surface area (Å²) in [6.07, 6.45) is -4.58. The van der Waals surface area contributed by atoms with Crippen molar-refractivity contribution in [1.82, 2.24) is 4.90 Å². The molecule has 2 aromatic carbocycles. The first-order chi connectivity index (χ1) is 11.9. The highest BCUT2D eigenvalue weighted by Crippen LogP contribution is 2.25. The molecule has 0 saturated carbocycles. The van der Waals surface area contributed by atoms with E-state index in [1.54, 1.807) is 6.92 Å². The molecule has 2 rings (SSSR count). The van der Waals surface area contributed by atoms with Crippen LogP contribution in [0.2, 0.25) is 0 Å². The second kappa shape index (κ2) is 8.74. The monoisotopic (exact) mass is 353 g/mol. The number of carbonyl (C=O) groups excluding carboxylic acids is 1. The molecule has 6 heteroatoms. The molecule has 0 bridgehead atoms. The quantitative estimate of drug-likeness (QED) is 0.638. The number of carbonyl (C=O) groups is 1. The topological polar surface area (TPSA) is 29.5 Å². The van der Waals surface area contributed by atoms with E-state index in [1.807, 2.05) is 42.5 Å². The summed E-state index contributed by atoms with van der Waals surface area (Å²) >= 11 is 0. The van der Waals surface area contributed by atoms with Crippen molar-refractivity contribution in [1.29, 1.82) is 0 Å². The maximum absolute atomic E-state index is 12.3. The molecule has 136 valence electrons. The first kappa shape index (κ1) is 19.1. The predicted octanol–water partition coefficient (Wildman–Crippen LogP) is 4.80. The third-order valence-electron chi connectivity index (χ3n) is 3.94. The van der Waals surface area contributed by atoms with Crippen LogP contribution in [-0.2, 0) is 4.79 Å². The van der Waals surface area contributed by atoms with Gasteiger partial charge in [0.1, 0.15) is 5.75 Å². The Bertz CT molecular complexity index is 695. The van der Waals surface area contributed by atoms with Crippen LogP contribution >= 0.6 is 0 Å². The van der Waals surface area contributed by atoms with E-state index in [0.29, 0.717) is 13.0 Å². The summed E-state index contributed by atoms with van der Waals surface area (Å²) in [6, 6.07) is 13.6. The molecule has 2 aromatic rings. The minimum atomic E-state index is -4.24. The summed E-state index contributed by atoms with van der Waals surface area (Å²) in [5, 5.41) is 2.07. The summed E-state index contributed by atoms with van der Waals surface area (Å²) in [4.78, 5) is 13.3. The number of hydrogen-bond donors (Lipinski definition) is 0. The number of benzene rings is 2. The minimum Gasteiger partial charge on any atom is -0.493 e. The Morgan fingerprint density at radius 2 is 1.84 bits per heavy atom. The molecule has 0 radical (unpaired) electrons. The van der Waals surface area contributed by atoms with E-state index >= 15 is 0 Å². The van der Waals surface area contributed by atoms with Crippen LogP contribution in [-0.4, -0.2) is 36.7 Å². The molecule has 0 aromatic heterocycles. The number of ether oxygens (including phenoxy) is 1. The van der Waals surface area contributed by atoms with Gasteiger partial charge in [0.15, 0.2) is 0 Å². The van der Waals surface area contributed by atoms with Crippen molar-refractivity contribution in [2.24, 2.45) is 0 Å². The standard InChI is InChI=1S/C19H22F3NO2/c1-2-23(13-12-19(20,21)22)18(24)11-6-14-25-17-10-5-8-15-7-3-4-9-16(15)17/h3-5,7-10H,2,6,11-14H2,1H3. The second-order valence-corrected chi connectivity index (χ2v) is 5.77. The first-order valence-electron chi connectivity index (χ1n) is 8.36. The maximum Gasteiger partial charge on any atom is 0.390 e. The number of fused-ring (bicyclic) bond motifs is 1. The summed E-state index contributed by atoms with van der Waals surface area (Å²) < 4.78 is 42.6. The Morgan fingerprint density at radius 1 is 1.12 bits per heavy atom. The second-order valence-electron chi connectivity index (χ2n) is 5.77. The van der Waals surface area contributed by atoms with Gasteiger partial charge >= 0.3 is 6.18 Å². The van der Waals surface area contributed by atoms with Gasteiger partial charge in [-0.05, 0) is 24.8 Å². The Balaban J connectivity index is 1.80. The molecule has 1 amide bonds. The minimum absolute atomic E-state index is 0.177. The molecular weight excluding hydrogens is 331 g/mol. The van der Waals surface area contributed by atoms with Crippen LogP contribution in [0.1, 0.15) is 26.2 Å². The van der Waals surface area contributed by atoms with E-state index in [2.05, 4.69) is 0 Å². The summed E-state index contributed by atoms with van der Waals surface area (Å²) in [6.45, 7) is 2.01. The zero-order chi connectivity index (χ0) is 18.3. The molecule has 0 N–H and O–H groups in total. The Kier molecular flexibility index (Phi) is 6.67. The number of hydrogen-bond acceptors (Lipinski definition) is 2. The van der Waals surface area contributed by atoms with Gasteiger partial charge in [-0.2, -0.15) is 13.2 Å². The molecule has 0 atom stereocenters. The maximum atomic E-state index is 12.3. The van der Waals surface area contributed by atoms with Crippen molar-refractivity contribution in [3.8, 4) is 5.75 Å². The zero-order valence-corrected chi connectivity index (χ0v) is 14.2. The number of alkyl halides is 3. The van der Waals surface area contributed by atoms with E-state index in [1.165, 1.54) is 4.90 Å². The third kappa shape index (κ3) is 5.96. The van der Waals surface area contributed by atoms with E-state index in [9.17, 15) is 18.0 Å².